The third kappa shape index (κ3) is 2.10. The van der Waals surface area contributed by atoms with Crippen molar-refractivity contribution in [2.75, 3.05) is 18.1 Å². The zero-order chi connectivity index (χ0) is 10.8. The van der Waals surface area contributed by atoms with Gasteiger partial charge in [0.25, 0.3) is 0 Å². The summed E-state index contributed by atoms with van der Waals surface area (Å²) in [6, 6.07) is 0.797. The lowest BCUT2D eigenvalue weighted by molar-refractivity contribution is 0.0322. The average Bonchev–Trinajstić information content (AvgIpc) is 2.70. The van der Waals surface area contributed by atoms with Crippen LogP contribution in [0.15, 0.2) is 4.42 Å². The smallest absolute Gasteiger partial charge is 0.318 e. The van der Waals surface area contributed by atoms with Gasteiger partial charge in [-0.1, -0.05) is 5.10 Å². The van der Waals surface area contributed by atoms with Gasteiger partial charge in [-0.3, -0.25) is 0 Å². The highest BCUT2D eigenvalue weighted by Gasteiger charge is 2.27. The number of rotatable bonds is 2. The second kappa shape index (κ2) is 4.16. The molecule has 6 heteroatoms. The first kappa shape index (κ1) is 10.4. The van der Waals surface area contributed by atoms with E-state index >= 15 is 0 Å². The molecule has 0 radical (unpaired) electrons. The summed E-state index contributed by atoms with van der Waals surface area (Å²) in [5.74, 6) is 0.469. The van der Waals surface area contributed by atoms with E-state index in [1.165, 1.54) is 0 Å². The van der Waals surface area contributed by atoms with E-state index in [9.17, 15) is 0 Å². The van der Waals surface area contributed by atoms with Gasteiger partial charge in [-0.2, -0.15) is 0 Å². The maximum Gasteiger partial charge on any atom is 0.318 e. The Labute approximate surface area is 88.4 Å². The molecule has 15 heavy (non-hydrogen) atoms. The predicted octanol–water partition coefficient (Wildman–Crippen LogP) is 0.142. The SMILES string of the molecule is CC1CN(c2nnc(CN)o2)C(C)CO1. The maximum atomic E-state index is 5.52. The van der Waals surface area contributed by atoms with Crippen molar-refractivity contribution in [3.63, 3.8) is 0 Å². The van der Waals surface area contributed by atoms with Crippen LogP contribution in [0.1, 0.15) is 19.7 Å². The van der Waals surface area contributed by atoms with Crippen LogP contribution in [0.3, 0.4) is 0 Å². The lowest BCUT2D eigenvalue weighted by Crippen LogP contribution is -2.47. The predicted molar refractivity (Wildman–Crippen MR) is 54.4 cm³/mol. The molecule has 0 aliphatic carbocycles. The van der Waals surface area contributed by atoms with E-state index in [0.717, 1.165) is 6.54 Å². The van der Waals surface area contributed by atoms with E-state index in [2.05, 4.69) is 22.0 Å². The summed E-state index contributed by atoms with van der Waals surface area (Å²) >= 11 is 0. The van der Waals surface area contributed by atoms with E-state index < -0.39 is 0 Å². The molecule has 84 valence electrons. The second-order valence-corrected chi connectivity index (χ2v) is 3.83. The van der Waals surface area contributed by atoms with Crippen molar-refractivity contribution in [3.8, 4) is 0 Å². The van der Waals surface area contributed by atoms with Gasteiger partial charge in [0.05, 0.1) is 25.3 Å². The fraction of sp³-hybridized carbons (Fsp3) is 0.778. The van der Waals surface area contributed by atoms with Crippen LogP contribution in [0.4, 0.5) is 6.01 Å². The maximum absolute atomic E-state index is 5.52. The quantitative estimate of drug-likeness (QED) is 0.751. The average molecular weight is 212 g/mol. The first-order valence-corrected chi connectivity index (χ1v) is 5.11. The number of morpholine rings is 1. The van der Waals surface area contributed by atoms with Gasteiger partial charge in [0.15, 0.2) is 0 Å². The largest absolute Gasteiger partial charge is 0.407 e. The van der Waals surface area contributed by atoms with Crippen molar-refractivity contribution < 1.29 is 9.15 Å². The molecule has 2 heterocycles. The number of hydrogen-bond acceptors (Lipinski definition) is 6. The minimum Gasteiger partial charge on any atom is -0.407 e. The lowest BCUT2D eigenvalue weighted by Gasteiger charge is -2.35. The number of nitrogens with two attached hydrogens (primary N) is 1. The van der Waals surface area contributed by atoms with Crippen LogP contribution in [0.25, 0.3) is 0 Å². The summed E-state index contributed by atoms with van der Waals surface area (Å²) in [6.07, 6.45) is 0.189. The molecule has 0 aromatic carbocycles. The second-order valence-electron chi connectivity index (χ2n) is 3.83. The summed E-state index contributed by atoms with van der Waals surface area (Å²) < 4.78 is 10.9. The topological polar surface area (TPSA) is 77.4 Å². The van der Waals surface area contributed by atoms with Crippen LogP contribution in [-0.4, -0.2) is 35.5 Å². The van der Waals surface area contributed by atoms with Crippen molar-refractivity contribution in [3.05, 3.63) is 5.89 Å². The number of ether oxygens (including phenoxy) is 1. The third-order valence-electron chi connectivity index (χ3n) is 2.48. The molecule has 6 nitrogen and oxygen atoms in total. The van der Waals surface area contributed by atoms with Gasteiger partial charge in [-0.15, -0.1) is 5.10 Å². The van der Waals surface area contributed by atoms with Gasteiger partial charge >= 0.3 is 6.01 Å². The van der Waals surface area contributed by atoms with Crippen LogP contribution in [0.5, 0.6) is 0 Å². The zero-order valence-electron chi connectivity index (χ0n) is 9.01. The minimum atomic E-state index is 0.189. The highest BCUT2D eigenvalue weighted by atomic mass is 16.5. The molecule has 1 aliphatic heterocycles. The highest BCUT2D eigenvalue weighted by Crippen LogP contribution is 2.19. The molecule has 1 fully saturated rings. The van der Waals surface area contributed by atoms with Crippen molar-refractivity contribution in [2.45, 2.75) is 32.5 Å². The lowest BCUT2D eigenvalue weighted by atomic mass is 10.2. The van der Waals surface area contributed by atoms with Gasteiger partial charge in [0.1, 0.15) is 0 Å². The molecule has 1 saturated heterocycles. The molecule has 0 amide bonds. The Hall–Kier alpha value is -1.14. The summed E-state index contributed by atoms with van der Waals surface area (Å²) in [5.41, 5.74) is 5.42. The van der Waals surface area contributed by atoms with Gasteiger partial charge in [-0.05, 0) is 13.8 Å². The van der Waals surface area contributed by atoms with Crippen molar-refractivity contribution in [1.82, 2.24) is 10.2 Å². The van der Waals surface area contributed by atoms with Crippen LogP contribution in [0.2, 0.25) is 0 Å². The Morgan fingerprint density at radius 2 is 2.27 bits per heavy atom. The third-order valence-corrected chi connectivity index (χ3v) is 2.48. The first-order valence-electron chi connectivity index (χ1n) is 5.11. The Morgan fingerprint density at radius 3 is 2.93 bits per heavy atom. The van der Waals surface area contributed by atoms with E-state index in [4.69, 9.17) is 14.9 Å². The molecular weight excluding hydrogens is 196 g/mol. The molecule has 1 aromatic rings. The highest BCUT2D eigenvalue weighted by molar-refractivity contribution is 5.27. The molecule has 1 aromatic heterocycles. The molecular formula is C9H16N4O2. The van der Waals surface area contributed by atoms with E-state index in [1.54, 1.807) is 0 Å². The van der Waals surface area contributed by atoms with Gasteiger partial charge in [0.2, 0.25) is 5.89 Å². The normalized spacial score (nSPS) is 27.0. The van der Waals surface area contributed by atoms with Crippen molar-refractivity contribution in [1.29, 1.82) is 0 Å². The number of hydrogen-bond donors (Lipinski definition) is 1. The number of nitrogens with zero attached hydrogens (tertiary/aromatic N) is 3. The molecule has 2 rings (SSSR count). The molecule has 2 unspecified atom stereocenters. The molecule has 2 N–H and O–H groups in total. The van der Waals surface area contributed by atoms with E-state index in [0.29, 0.717) is 18.5 Å². The molecule has 0 spiro atoms. The van der Waals surface area contributed by atoms with E-state index in [-0.39, 0.29) is 18.7 Å². The summed E-state index contributed by atoms with van der Waals surface area (Å²) in [7, 11) is 0. The fourth-order valence-corrected chi connectivity index (χ4v) is 1.61. The fourth-order valence-electron chi connectivity index (χ4n) is 1.61. The number of anilines is 1. The van der Waals surface area contributed by atoms with Crippen LogP contribution >= 0.6 is 0 Å². The van der Waals surface area contributed by atoms with Gasteiger partial charge in [0, 0.05) is 6.54 Å². The molecule has 0 bridgehead atoms. The first-order chi connectivity index (χ1) is 7.20. The molecule has 1 aliphatic rings. The minimum absolute atomic E-state index is 0.189. The summed E-state index contributed by atoms with van der Waals surface area (Å²) in [5, 5.41) is 7.81. The van der Waals surface area contributed by atoms with Gasteiger partial charge < -0.3 is 19.8 Å². The van der Waals surface area contributed by atoms with E-state index in [1.807, 2.05) is 6.92 Å². The van der Waals surface area contributed by atoms with Crippen LogP contribution < -0.4 is 10.6 Å². The monoisotopic (exact) mass is 212 g/mol. The van der Waals surface area contributed by atoms with Crippen molar-refractivity contribution in [2.24, 2.45) is 5.73 Å². The standard InChI is InChI=1S/C9H16N4O2/c1-6-5-14-7(2)4-13(6)9-12-11-8(3-10)15-9/h6-7H,3-5,10H2,1-2H3. The Bertz CT molecular complexity index is 328. The van der Waals surface area contributed by atoms with Crippen molar-refractivity contribution >= 4 is 6.01 Å². The summed E-state index contributed by atoms with van der Waals surface area (Å²) in [4.78, 5) is 2.06. The number of aromatic nitrogens is 2. The Balaban J connectivity index is 2.13. The van der Waals surface area contributed by atoms with Crippen LogP contribution in [-0.2, 0) is 11.3 Å². The Morgan fingerprint density at radius 1 is 1.47 bits per heavy atom. The molecule has 2 atom stereocenters. The van der Waals surface area contributed by atoms with Gasteiger partial charge in [-0.25, -0.2) is 0 Å². The zero-order valence-corrected chi connectivity index (χ0v) is 9.01. The Kier molecular flexibility index (Phi) is 2.88. The molecule has 0 saturated carbocycles. The van der Waals surface area contributed by atoms with Crippen LogP contribution in [0, 0.1) is 0 Å². The summed E-state index contributed by atoms with van der Waals surface area (Å²) in [6.45, 7) is 5.83.